The van der Waals surface area contributed by atoms with Gasteiger partial charge in [-0.05, 0) is 25.2 Å². The van der Waals surface area contributed by atoms with Crippen molar-refractivity contribution < 1.29 is 13.2 Å². The smallest absolute Gasteiger partial charge is 0.224 e. The molecule has 0 aliphatic carbocycles. The van der Waals surface area contributed by atoms with Gasteiger partial charge < -0.3 is 5.32 Å². The Hall–Kier alpha value is -0.620. The molecule has 1 aliphatic rings. The van der Waals surface area contributed by atoms with E-state index in [1.54, 1.807) is 0 Å². The molecule has 1 saturated heterocycles. The van der Waals surface area contributed by atoms with Gasteiger partial charge in [-0.1, -0.05) is 13.8 Å². The molecule has 1 amide bonds. The van der Waals surface area contributed by atoms with Crippen molar-refractivity contribution in [3.05, 3.63) is 0 Å². The quantitative estimate of drug-likeness (QED) is 0.808. The molecule has 0 radical (unpaired) electrons. The van der Waals surface area contributed by atoms with Crippen molar-refractivity contribution in [3.63, 3.8) is 0 Å². The summed E-state index contributed by atoms with van der Waals surface area (Å²) in [7, 11) is -3.17. The van der Waals surface area contributed by atoms with Gasteiger partial charge in [-0.25, -0.2) is 12.7 Å². The molecule has 18 heavy (non-hydrogen) atoms. The summed E-state index contributed by atoms with van der Waals surface area (Å²) in [5.74, 6) is 0.355. The third kappa shape index (κ3) is 4.94. The number of carbonyl (C=O) groups excluding carboxylic acids is 1. The number of piperidine rings is 1. The second kappa shape index (κ2) is 6.52. The molecule has 0 spiro atoms. The fourth-order valence-electron chi connectivity index (χ4n) is 2.09. The number of hydrogen-bond donors (Lipinski definition) is 1. The Morgan fingerprint density at radius 1 is 1.44 bits per heavy atom. The molecule has 6 heteroatoms. The van der Waals surface area contributed by atoms with E-state index in [0.29, 0.717) is 25.6 Å². The van der Waals surface area contributed by atoms with E-state index in [9.17, 15) is 13.2 Å². The molecule has 1 N–H and O–H groups in total. The van der Waals surface area contributed by atoms with Gasteiger partial charge in [0, 0.05) is 19.6 Å². The summed E-state index contributed by atoms with van der Waals surface area (Å²) in [6.07, 6.45) is 3.69. The molecule has 0 aromatic rings. The predicted octanol–water partition coefficient (Wildman–Crippen LogP) is 0.820. The Morgan fingerprint density at radius 3 is 2.67 bits per heavy atom. The molecule has 1 heterocycles. The Labute approximate surface area is 110 Å². The van der Waals surface area contributed by atoms with Crippen LogP contribution >= 0.6 is 0 Å². The van der Waals surface area contributed by atoms with E-state index in [-0.39, 0.29) is 11.8 Å². The molecule has 0 aromatic carbocycles. The fourth-order valence-corrected chi connectivity index (χ4v) is 3.00. The summed E-state index contributed by atoms with van der Waals surface area (Å²) < 4.78 is 24.3. The zero-order chi connectivity index (χ0) is 13.8. The molecule has 0 saturated carbocycles. The number of sulfonamides is 1. The number of rotatable bonds is 5. The first-order valence-electron chi connectivity index (χ1n) is 6.53. The SMILES string of the molecule is CC(C)CCNC(=O)[C@H]1CCCN(S(C)(=O)=O)C1. The van der Waals surface area contributed by atoms with Gasteiger partial charge in [-0.2, -0.15) is 0 Å². The number of carbonyl (C=O) groups is 1. The van der Waals surface area contributed by atoms with Crippen LogP contribution in [0.1, 0.15) is 33.1 Å². The van der Waals surface area contributed by atoms with Crippen LogP contribution in [0.5, 0.6) is 0 Å². The summed E-state index contributed by atoms with van der Waals surface area (Å²) in [6.45, 7) is 5.75. The third-order valence-corrected chi connectivity index (χ3v) is 4.51. The minimum atomic E-state index is -3.17. The highest BCUT2D eigenvalue weighted by atomic mass is 32.2. The van der Waals surface area contributed by atoms with Crippen molar-refractivity contribution in [1.82, 2.24) is 9.62 Å². The standard InChI is InChI=1S/C12H24N2O3S/c1-10(2)6-7-13-12(15)11-5-4-8-14(9-11)18(3,16)17/h10-11H,4-9H2,1-3H3,(H,13,15)/t11-/m0/s1. The number of amides is 1. The first-order chi connectivity index (χ1) is 8.30. The predicted molar refractivity (Wildman–Crippen MR) is 71.6 cm³/mol. The molecule has 1 fully saturated rings. The molecule has 0 aromatic heterocycles. The van der Waals surface area contributed by atoms with E-state index in [1.165, 1.54) is 10.6 Å². The van der Waals surface area contributed by atoms with Crippen LogP contribution in [0.4, 0.5) is 0 Å². The molecule has 0 unspecified atom stereocenters. The lowest BCUT2D eigenvalue weighted by Crippen LogP contribution is -2.45. The summed E-state index contributed by atoms with van der Waals surface area (Å²) in [5.41, 5.74) is 0. The normalized spacial score (nSPS) is 22.1. The lowest BCUT2D eigenvalue weighted by atomic mass is 9.98. The monoisotopic (exact) mass is 276 g/mol. The Bertz CT molecular complexity index is 379. The van der Waals surface area contributed by atoms with Crippen molar-refractivity contribution >= 4 is 15.9 Å². The van der Waals surface area contributed by atoms with E-state index in [2.05, 4.69) is 19.2 Å². The van der Waals surface area contributed by atoms with Crippen LogP contribution in [-0.4, -0.2) is 44.5 Å². The molecular formula is C12H24N2O3S. The van der Waals surface area contributed by atoms with Gasteiger partial charge in [0.25, 0.3) is 0 Å². The molecule has 5 nitrogen and oxygen atoms in total. The van der Waals surface area contributed by atoms with Gasteiger partial charge >= 0.3 is 0 Å². The topological polar surface area (TPSA) is 66.5 Å². The summed E-state index contributed by atoms with van der Waals surface area (Å²) >= 11 is 0. The van der Waals surface area contributed by atoms with Crippen molar-refractivity contribution in [3.8, 4) is 0 Å². The number of hydrogen-bond acceptors (Lipinski definition) is 3. The van der Waals surface area contributed by atoms with E-state index in [0.717, 1.165) is 19.3 Å². The van der Waals surface area contributed by atoms with Gasteiger partial charge in [-0.3, -0.25) is 4.79 Å². The lowest BCUT2D eigenvalue weighted by molar-refractivity contribution is -0.126. The lowest BCUT2D eigenvalue weighted by Gasteiger charge is -2.30. The second-order valence-corrected chi connectivity index (χ2v) is 7.42. The van der Waals surface area contributed by atoms with Crippen LogP contribution < -0.4 is 5.32 Å². The Morgan fingerprint density at radius 2 is 2.11 bits per heavy atom. The van der Waals surface area contributed by atoms with Crippen molar-refractivity contribution in [2.75, 3.05) is 25.9 Å². The van der Waals surface area contributed by atoms with Gasteiger partial charge in [0.05, 0.1) is 12.2 Å². The minimum Gasteiger partial charge on any atom is -0.356 e. The van der Waals surface area contributed by atoms with Gasteiger partial charge in [0.2, 0.25) is 15.9 Å². The highest BCUT2D eigenvalue weighted by Crippen LogP contribution is 2.18. The largest absolute Gasteiger partial charge is 0.356 e. The Balaban J connectivity index is 2.44. The van der Waals surface area contributed by atoms with Gasteiger partial charge in [-0.15, -0.1) is 0 Å². The summed E-state index contributed by atoms with van der Waals surface area (Å²) in [4.78, 5) is 11.9. The van der Waals surface area contributed by atoms with Crippen LogP contribution in [0.2, 0.25) is 0 Å². The first-order valence-corrected chi connectivity index (χ1v) is 8.38. The number of nitrogens with one attached hydrogen (secondary N) is 1. The van der Waals surface area contributed by atoms with Crippen LogP contribution in [0.15, 0.2) is 0 Å². The van der Waals surface area contributed by atoms with Gasteiger partial charge in [0.15, 0.2) is 0 Å². The molecule has 0 bridgehead atoms. The van der Waals surface area contributed by atoms with E-state index >= 15 is 0 Å². The average Bonchev–Trinajstić information content (AvgIpc) is 2.27. The third-order valence-electron chi connectivity index (χ3n) is 3.24. The molecule has 106 valence electrons. The van der Waals surface area contributed by atoms with Crippen molar-refractivity contribution in [2.24, 2.45) is 11.8 Å². The van der Waals surface area contributed by atoms with Gasteiger partial charge in [0.1, 0.15) is 0 Å². The zero-order valence-corrected chi connectivity index (χ0v) is 12.3. The second-order valence-electron chi connectivity index (χ2n) is 5.43. The average molecular weight is 276 g/mol. The maximum atomic E-state index is 11.9. The van der Waals surface area contributed by atoms with Crippen LogP contribution in [0.3, 0.4) is 0 Å². The molecule has 1 aliphatic heterocycles. The highest BCUT2D eigenvalue weighted by molar-refractivity contribution is 7.88. The highest BCUT2D eigenvalue weighted by Gasteiger charge is 2.29. The summed E-state index contributed by atoms with van der Waals surface area (Å²) in [6, 6.07) is 0. The molecular weight excluding hydrogens is 252 g/mol. The van der Waals surface area contributed by atoms with E-state index < -0.39 is 10.0 Å². The van der Waals surface area contributed by atoms with E-state index in [1.807, 2.05) is 0 Å². The molecule has 1 atom stereocenters. The van der Waals surface area contributed by atoms with Crippen LogP contribution in [0, 0.1) is 11.8 Å². The van der Waals surface area contributed by atoms with Crippen molar-refractivity contribution in [1.29, 1.82) is 0 Å². The first kappa shape index (κ1) is 15.4. The maximum absolute atomic E-state index is 11.9. The maximum Gasteiger partial charge on any atom is 0.224 e. The summed E-state index contributed by atoms with van der Waals surface area (Å²) in [5, 5.41) is 2.90. The minimum absolute atomic E-state index is 0.0102. The fraction of sp³-hybridized carbons (Fsp3) is 0.917. The van der Waals surface area contributed by atoms with E-state index in [4.69, 9.17) is 0 Å². The van der Waals surface area contributed by atoms with Crippen LogP contribution in [-0.2, 0) is 14.8 Å². The zero-order valence-electron chi connectivity index (χ0n) is 11.5. The molecule has 1 rings (SSSR count). The number of nitrogens with zero attached hydrogens (tertiary/aromatic N) is 1. The van der Waals surface area contributed by atoms with Crippen molar-refractivity contribution in [2.45, 2.75) is 33.1 Å². The Kier molecular flexibility index (Phi) is 5.59. The van der Waals surface area contributed by atoms with Crippen LogP contribution in [0.25, 0.3) is 0 Å².